The third kappa shape index (κ3) is 4.38. The molecule has 1 aromatic heterocycles. The lowest BCUT2D eigenvalue weighted by Gasteiger charge is -2.49. The predicted octanol–water partition coefficient (Wildman–Crippen LogP) is 1.30. The van der Waals surface area contributed by atoms with E-state index in [1.54, 1.807) is 12.5 Å². The molecule has 3 heterocycles. The minimum Gasteiger partial charge on any atom is -0.348 e. The Bertz CT molecular complexity index is 734. The summed E-state index contributed by atoms with van der Waals surface area (Å²) < 4.78 is 13.8. The van der Waals surface area contributed by atoms with Gasteiger partial charge in [-0.1, -0.05) is 0 Å². The van der Waals surface area contributed by atoms with Gasteiger partial charge in [-0.05, 0) is 32.7 Å². The monoisotopic (exact) mass is 419 g/mol. The molecule has 3 aliphatic rings. The first kappa shape index (κ1) is 21.3. The van der Waals surface area contributed by atoms with Crippen LogP contribution in [0.1, 0.15) is 32.6 Å². The molecule has 1 saturated carbocycles. The van der Waals surface area contributed by atoms with Gasteiger partial charge >= 0.3 is 6.03 Å². The number of imidazole rings is 1. The summed E-state index contributed by atoms with van der Waals surface area (Å²) in [6.45, 7) is 5.27. The van der Waals surface area contributed by atoms with E-state index in [0.717, 1.165) is 25.7 Å². The average molecular weight is 420 g/mol. The van der Waals surface area contributed by atoms with E-state index in [9.17, 15) is 9.59 Å². The maximum absolute atomic E-state index is 13.3. The van der Waals surface area contributed by atoms with Crippen LogP contribution in [0.2, 0.25) is 0 Å². The Morgan fingerprint density at radius 2 is 2.13 bits per heavy atom. The number of hydrogen-bond donors (Lipinski definition) is 1. The van der Waals surface area contributed by atoms with Crippen LogP contribution in [0.3, 0.4) is 0 Å². The van der Waals surface area contributed by atoms with Gasteiger partial charge < -0.3 is 24.3 Å². The van der Waals surface area contributed by atoms with E-state index >= 15 is 0 Å². The SMILES string of the molecule is CCN(C(=O)NCCn1ccnc1)C(=O)[C@@H]1C[C@@H]2CC3(CC[C@H]2N(C)C1)OCCO3. The number of fused-ring (bicyclic) bond motifs is 1. The lowest BCUT2D eigenvalue weighted by atomic mass is 9.72. The highest BCUT2D eigenvalue weighted by Crippen LogP contribution is 2.45. The number of piperidine rings is 1. The van der Waals surface area contributed by atoms with Crippen LogP contribution < -0.4 is 5.32 Å². The van der Waals surface area contributed by atoms with Crippen molar-refractivity contribution in [2.24, 2.45) is 11.8 Å². The number of carbonyl (C=O) groups excluding carboxylic acids is 2. The molecule has 1 spiro atoms. The zero-order chi connectivity index (χ0) is 21.1. The topological polar surface area (TPSA) is 88.9 Å². The molecule has 0 radical (unpaired) electrons. The number of ether oxygens (including phenoxy) is 2. The molecule has 0 unspecified atom stereocenters. The number of hydrogen-bond acceptors (Lipinski definition) is 6. The quantitative estimate of drug-likeness (QED) is 0.774. The normalized spacial score (nSPS) is 28.3. The van der Waals surface area contributed by atoms with E-state index in [2.05, 4.69) is 22.2 Å². The Hall–Kier alpha value is -1.97. The van der Waals surface area contributed by atoms with Crippen LogP contribution in [-0.4, -0.2) is 83.0 Å². The van der Waals surface area contributed by atoms with Crippen LogP contribution in [0.15, 0.2) is 18.7 Å². The maximum atomic E-state index is 13.3. The number of likely N-dealkylation sites (tertiary alicyclic amines) is 1. The summed E-state index contributed by atoms with van der Waals surface area (Å²) in [6, 6.07) is 0.126. The second-order valence-electron chi connectivity index (χ2n) is 8.66. The molecule has 1 aliphatic carbocycles. The first-order chi connectivity index (χ1) is 14.5. The molecule has 3 amide bonds. The summed E-state index contributed by atoms with van der Waals surface area (Å²) in [5.41, 5.74) is 0. The Kier molecular flexibility index (Phi) is 6.40. The smallest absolute Gasteiger partial charge is 0.324 e. The molecule has 2 aliphatic heterocycles. The number of imide groups is 1. The van der Waals surface area contributed by atoms with Gasteiger partial charge in [0.05, 0.1) is 25.5 Å². The van der Waals surface area contributed by atoms with Gasteiger partial charge in [0.1, 0.15) is 0 Å². The van der Waals surface area contributed by atoms with Crippen LogP contribution in [0.25, 0.3) is 0 Å². The molecule has 2 saturated heterocycles. The van der Waals surface area contributed by atoms with Crippen molar-refractivity contribution in [1.82, 2.24) is 24.7 Å². The fourth-order valence-corrected chi connectivity index (χ4v) is 5.35. The van der Waals surface area contributed by atoms with E-state index in [1.165, 1.54) is 4.90 Å². The van der Waals surface area contributed by atoms with Crippen LogP contribution in [0.5, 0.6) is 0 Å². The largest absolute Gasteiger partial charge is 0.348 e. The van der Waals surface area contributed by atoms with Crippen molar-refractivity contribution >= 4 is 11.9 Å². The maximum Gasteiger partial charge on any atom is 0.324 e. The summed E-state index contributed by atoms with van der Waals surface area (Å²) in [5.74, 6) is -0.391. The van der Waals surface area contributed by atoms with Gasteiger partial charge in [-0.25, -0.2) is 9.78 Å². The molecule has 0 bridgehead atoms. The lowest BCUT2D eigenvalue weighted by molar-refractivity contribution is -0.202. The molecule has 1 aromatic rings. The third-order valence-corrected chi connectivity index (χ3v) is 6.80. The Balaban J connectivity index is 1.35. The summed E-state index contributed by atoms with van der Waals surface area (Å²) in [7, 11) is 2.09. The molecular formula is C21H33N5O4. The van der Waals surface area contributed by atoms with Crippen molar-refractivity contribution in [3.63, 3.8) is 0 Å². The van der Waals surface area contributed by atoms with Crippen molar-refractivity contribution < 1.29 is 19.1 Å². The summed E-state index contributed by atoms with van der Waals surface area (Å²) >= 11 is 0. The van der Waals surface area contributed by atoms with Gasteiger partial charge in [-0.3, -0.25) is 9.69 Å². The van der Waals surface area contributed by atoms with Crippen LogP contribution in [-0.2, 0) is 20.8 Å². The highest BCUT2D eigenvalue weighted by molar-refractivity contribution is 5.95. The van der Waals surface area contributed by atoms with E-state index in [0.29, 0.717) is 51.4 Å². The molecule has 1 N–H and O–H groups in total. The zero-order valence-corrected chi connectivity index (χ0v) is 18.0. The molecule has 4 rings (SSSR count). The number of nitrogens with one attached hydrogen (secondary N) is 1. The second kappa shape index (κ2) is 9.03. The minimum atomic E-state index is -0.456. The van der Waals surface area contributed by atoms with Gasteiger partial charge in [0.25, 0.3) is 0 Å². The van der Waals surface area contributed by atoms with Crippen LogP contribution in [0, 0.1) is 11.8 Å². The van der Waals surface area contributed by atoms with Crippen molar-refractivity contribution in [2.75, 3.05) is 39.9 Å². The molecule has 3 atom stereocenters. The fourth-order valence-electron chi connectivity index (χ4n) is 5.35. The number of urea groups is 1. The highest BCUT2D eigenvalue weighted by Gasteiger charge is 2.49. The Morgan fingerprint density at radius 3 is 2.83 bits per heavy atom. The molecule has 30 heavy (non-hydrogen) atoms. The fraction of sp³-hybridized carbons (Fsp3) is 0.762. The van der Waals surface area contributed by atoms with Gasteiger partial charge in [0, 0.05) is 57.5 Å². The van der Waals surface area contributed by atoms with Gasteiger partial charge in [0.2, 0.25) is 5.91 Å². The standard InChI is InChI=1S/C21H33N5O4/c1-3-26(20(28)23-7-9-25-8-6-22-15-25)19(27)17-12-16-13-21(29-10-11-30-21)5-4-18(16)24(2)14-17/h6,8,15-18H,3-5,7,9-14H2,1-2H3,(H,23,28)/t16-,17-,18-/m1/s1. The number of aromatic nitrogens is 2. The molecule has 9 nitrogen and oxygen atoms in total. The number of carbonyl (C=O) groups is 2. The highest BCUT2D eigenvalue weighted by atomic mass is 16.7. The van der Waals surface area contributed by atoms with Gasteiger partial charge in [-0.15, -0.1) is 0 Å². The average Bonchev–Trinajstić information content (AvgIpc) is 3.40. The van der Waals surface area contributed by atoms with Crippen LogP contribution >= 0.6 is 0 Å². The summed E-state index contributed by atoms with van der Waals surface area (Å²) in [6.07, 6.45) is 8.80. The van der Waals surface area contributed by atoms with E-state index in [1.807, 2.05) is 17.7 Å². The number of nitrogens with zero attached hydrogens (tertiary/aromatic N) is 4. The molecule has 9 heteroatoms. The lowest BCUT2D eigenvalue weighted by Crippen LogP contribution is -2.57. The molecule has 3 fully saturated rings. The van der Waals surface area contributed by atoms with Gasteiger partial charge in [0.15, 0.2) is 5.79 Å². The van der Waals surface area contributed by atoms with E-state index < -0.39 is 5.79 Å². The second-order valence-corrected chi connectivity index (χ2v) is 8.66. The predicted molar refractivity (Wildman–Crippen MR) is 110 cm³/mol. The summed E-state index contributed by atoms with van der Waals surface area (Å²) in [5, 5.41) is 2.86. The molecule has 166 valence electrons. The van der Waals surface area contributed by atoms with Gasteiger partial charge in [-0.2, -0.15) is 0 Å². The van der Waals surface area contributed by atoms with Crippen molar-refractivity contribution in [2.45, 2.75) is 51.0 Å². The van der Waals surface area contributed by atoms with Crippen LogP contribution in [0.4, 0.5) is 4.79 Å². The Labute approximate surface area is 177 Å². The zero-order valence-electron chi connectivity index (χ0n) is 18.0. The number of amides is 3. The van der Waals surface area contributed by atoms with E-state index in [4.69, 9.17) is 9.47 Å². The van der Waals surface area contributed by atoms with Crippen molar-refractivity contribution in [3.8, 4) is 0 Å². The first-order valence-electron chi connectivity index (χ1n) is 11.0. The summed E-state index contributed by atoms with van der Waals surface area (Å²) in [4.78, 5) is 33.6. The first-order valence-corrected chi connectivity index (χ1v) is 11.0. The Morgan fingerprint density at radius 1 is 1.33 bits per heavy atom. The number of rotatable bonds is 5. The molecule has 0 aromatic carbocycles. The van der Waals surface area contributed by atoms with Crippen molar-refractivity contribution in [1.29, 1.82) is 0 Å². The van der Waals surface area contributed by atoms with E-state index in [-0.39, 0.29) is 17.9 Å². The molecular weight excluding hydrogens is 386 g/mol. The van der Waals surface area contributed by atoms with Crippen molar-refractivity contribution in [3.05, 3.63) is 18.7 Å². The minimum absolute atomic E-state index is 0.0872. The third-order valence-electron chi connectivity index (χ3n) is 6.80.